The third kappa shape index (κ3) is 3.97. The van der Waals surface area contributed by atoms with Crippen LogP contribution in [0.5, 0.6) is 0 Å². The topological polar surface area (TPSA) is 84.7 Å². The minimum atomic E-state index is -4.75. The monoisotopic (exact) mass is 399 g/mol. The number of hydrogen-bond acceptors (Lipinski definition) is 5. The van der Waals surface area contributed by atoms with Gasteiger partial charge in [-0.1, -0.05) is 6.07 Å². The maximum Gasteiger partial charge on any atom is 0.416 e. The Hall–Kier alpha value is -3.37. The smallest absolute Gasteiger partial charge is 0.416 e. The summed E-state index contributed by atoms with van der Waals surface area (Å²) in [7, 11) is 0. The second-order valence-corrected chi connectivity index (χ2v) is 5.88. The first-order chi connectivity index (χ1) is 13.2. The SMILES string of the molecule is O=C1OCCN1c1cc([N+](=O)[O-])ccc1NCc1ccc(F)cc1C(F)(F)F. The van der Waals surface area contributed by atoms with Crippen molar-refractivity contribution in [1.82, 2.24) is 0 Å². The Morgan fingerprint density at radius 3 is 2.57 bits per heavy atom. The van der Waals surface area contributed by atoms with Crippen LogP contribution in [0.25, 0.3) is 0 Å². The second kappa shape index (κ2) is 7.33. The molecule has 2 aromatic rings. The van der Waals surface area contributed by atoms with Gasteiger partial charge >= 0.3 is 12.3 Å². The van der Waals surface area contributed by atoms with E-state index in [-0.39, 0.29) is 42.3 Å². The zero-order valence-corrected chi connectivity index (χ0v) is 14.1. The van der Waals surface area contributed by atoms with Gasteiger partial charge in [0.05, 0.1) is 28.4 Å². The van der Waals surface area contributed by atoms with Gasteiger partial charge in [-0.3, -0.25) is 15.0 Å². The van der Waals surface area contributed by atoms with Gasteiger partial charge in [0.1, 0.15) is 12.4 Å². The molecule has 1 N–H and O–H groups in total. The van der Waals surface area contributed by atoms with Crippen LogP contribution in [-0.2, 0) is 17.5 Å². The number of ether oxygens (including phenoxy) is 1. The summed E-state index contributed by atoms with van der Waals surface area (Å²) in [4.78, 5) is 23.3. The summed E-state index contributed by atoms with van der Waals surface area (Å²) in [6, 6.07) is 5.87. The number of hydrogen-bond donors (Lipinski definition) is 1. The summed E-state index contributed by atoms with van der Waals surface area (Å²) in [6.45, 7) is -0.126. The van der Waals surface area contributed by atoms with Crippen LogP contribution in [0.1, 0.15) is 11.1 Å². The van der Waals surface area contributed by atoms with Gasteiger partial charge in [0.25, 0.3) is 5.69 Å². The fourth-order valence-corrected chi connectivity index (χ4v) is 2.78. The van der Waals surface area contributed by atoms with Gasteiger partial charge in [-0.05, 0) is 23.8 Å². The van der Waals surface area contributed by atoms with Crippen LogP contribution in [0, 0.1) is 15.9 Å². The Kier molecular flexibility index (Phi) is 5.08. The maximum atomic E-state index is 13.2. The number of non-ortho nitro benzene ring substituents is 1. The van der Waals surface area contributed by atoms with E-state index in [0.29, 0.717) is 6.07 Å². The van der Waals surface area contributed by atoms with E-state index in [9.17, 15) is 32.5 Å². The number of nitro benzene ring substituents is 1. The highest BCUT2D eigenvalue weighted by Gasteiger charge is 2.34. The fraction of sp³-hybridized carbons (Fsp3) is 0.235. The van der Waals surface area contributed by atoms with Gasteiger partial charge in [0.2, 0.25) is 0 Å². The van der Waals surface area contributed by atoms with Crippen molar-refractivity contribution >= 4 is 23.2 Å². The van der Waals surface area contributed by atoms with Crippen LogP contribution in [-0.4, -0.2) is 24.2 Å². The summed E-state index contributed by atoms with van der Waals surface area (Å²) in [5.74, 6) is -1.02. The van der Waals surface area contributed by atoms with E-state index in [0.717, 1.165) is 29.2 Å². The Balaban J connectivity index is 1.93. The number of rotatable bonds is 5. The molecule has 7 nitrogen and oxygen atoms in total. The van der Waals surface area contributed by atoms with E-state index in [1.165, 1.54) is 6.07 Å². The number of carbonyl (C=O) groups excluding carboxylic acids is 1. The molecular weight excluding hydrogens is 386 g/mol. The Labute approximate surface area is 155 Å². The maximum absolute atomic E-state index is 13.2. The minimum absolute atomic E-state index is 0.0805. The molecule has 1 aliphatic heterocycles. The molecule has 0 saturated carbocycles. The Bertz CT molecular complexity index is 933. The molecule has 0 atom stereocenters. The largest absolute Gasteiger partial charge is 0.447 e. The van der Waals surface area contributed by atoms with Gasteiger partial charge in [0, 0.05) is 18.7 Å². The molecule has 0 radical (unpaired) electrons. The molecule has 3 rings (SSSR count). The fourth-order valence-electron chi connectivity index (χ4n) is 2.78. The summed E-state index contributed by atoms with van der Waals surface area (Å²) < 4.78 is 57.4. The van der Waals surface area contributed by atoms with Crippen molar-refractivity contribution in [2.75, 3.05) is 23.4 Å². The zero-order chi connectivity index (χ0) is 20.5. The predicted molar refractivity (Wildman–Crippen MR) is 90.5 cm³/mol. The number of halogens is 4. The lowest BCUT2D eigenvalue weighted by Gasteiger charge is -2.19. The first-order valence-electron chi connectivity index (χ1n) is 7.99. The first kappa shape index (κ1) is 19.4. The summed E-state index contributed by atoms with van der Waals surface area (Å²) in [5, 5.41) is 13.7. The number of carbonyl (C=O) groups is 1. The van der Waals surface area contributed by atoms with E-state index in [1.54, 1.807) is 0 Å². The number of anilines is 2. The molecule has 0 spiro atoms. The normalized spacial score (nSPS) is 14.1. The van der Waals surface area contributed by atoms with Crippen molar-refractivity contribution in [1.29, 1.82) is 0 Å². The molecule has 1 heterocycles. The molecule has 1 fully saturated rings. The van der Waals surface area contributed by atoms with Crippen molar-refractivity contribution in [3.8, 4) is 0 Å². The summed E-state index contributed by atoms with van der Waals surface area (Å²) in [6.07, 6.45) is -5.47. The van der Waals surface area contributed by atoms with Gasteiger partial charge in [-0.2, -0.15) is 13.2 Å². The predicted octanol–water partition coefficient (Wildman–Crippen LogP) is 4.32. The zero-order valence-electron chi connectivity index (χ0n) is 14.1. The van der Waals surface area contributed by atoms with Crippen LogP contribution >= 0.6 is 0 Å². The number of nitro groups is 1. The van der Waals surface area contributed by atoms with Gasteiger partial charge in [0.15, 0.2) is 0 Å². The quantitative estimate of drug-likeness (QED) is 0.460. The van der Waals surface area contributed by atoms with E-state index < -0.39 is 28.6 Å². The number of nitrogens with zero attached hydrogens (tertiary/aromatic N) is 2. The second-order valence-electron chi connectivity index (χ2n) is 5.88. The molecule has 1 aliphatic rings. The molecule has 0 aliphatic carbocycles. The first-order valence-corrected chi connectivity index (χ1v) is 7.99. The third-order valence-corrected chi connectivity index (χ3v) is 4.09. The van der Waals surface area contributed by atoms with E-state index in [2.05, 4.69) is 5.32 Å². The highest BCUT2D eigenvalue weighted by Crippen LogP contribution is 2.35. The molecule has 0 unspecified atom stereocenters. The average molecular weight is 399 g/mol. The molecule has 28 heavy (non-hydrogen) atoms. The van der Waals surface area contributed by atoms with Crippen molar-refractivity contribution in [3.05, 3.63) is 63.5 Å². The highest BCUT2D eigenvalue weighted by atomic mass is 19.4. The van der Waals surface area contributed by atoms with Gasteiger partial charge < -0.3 is 10.1 Å². The molecular formula is C17H13F4N3O4. The lowest BCUT2D eigenvalue weighted by atomic mass is 10.1. The number of benzene rings is 2. The number of cyclic esters (lactones) is 1. The van der Waals surface area contributed by atoms with E-state index >= 15 is 0 Å². The average Bonchev–Trinajstić information content (AvgIpc) is 3.05. The van der Waals surface area contributed by atoms with Crippen LogP contribution in [0.15, 0.2) is 36.4 Å². The van der Waals surface area contributed by atoms with Gasteiger partial charge in [-0.25, -0.2) is 9.18 Å². The summed E-state index contributed by atoms with van der Waals surface area (Å²) >= 11 is 0. The molecule has 0 bridgehead atoms. The number of alkyl halides is 3. The standard InChI is InChI=1S/C17H13F4N3O4/c18-11-2-1-10(13(7-11)17(19,20)21)9-22-14-4-3-12(24(26)27)8-15(14)23-5-6-28-16(23)25/h1-4,7-8,22H,5-6,9H2. The van der Waals surface area contributed by atoms with Crippen LogP contribution < -0.4 is 10.2 Å². The molecule has 0 aromatic heterocycles. The van der Waals surface area contributed by atoms with Crippen molar-refractivity contribution in [2.24, 2.45) is 0 Å². The van der Waals surface area contributed by atoms with E-state index in [1.807, 2.05) is 0 Å². The van der Waals surface area contributed by atoms with E-state index in [4.69, 9.17) is 4.74 Å². The Morgan fingerprint density at radius 2 is 1.96 bits per heavy atom. The molecule has 11 heteroatoms. The van der Waals surface area contributed by atoms with Crippen molar-refractivity contribution in [3.63, 3.8) is 0 Å². The van der Waals surface area contributed by atoms with Crippen molar-refractivity contribution in [2.45, 2.75) is 12.7 Å². The van der Waals surface area contributed by atoms with Crippen LogP contribution in [0.3, 0.4) is 0 Å². The minimum Gasteiger partial charge on any atom is -0.447 e. The molecule has 2 aromatic carbocycles. The lowest BCUT2D eigenvalue weighted by molar-refractivity contribution is -0.384. The van der Waals surface area contributed by atoms with Crippen molar-refractivity contribution < 1.29 is 32.0 Å². The molecule has 148 valence electrons. The summed E-state index contributed by atoms with van der Waals surface area (Å²) in [5.41, 5.74) is -1.35. The van der Waals surface area contributed by atoms with Crippen LogP contribution in [0.4, 0.5) is 39.4 Å². The highest BCUT2D eigenvalue weighted by molar-refractivity contribution is 5.94. The van der Waals surface area contributed by atoms with Crippen LogP contribution in [0.2, 0.25) is 0 Å². The Morgan fingerprint density at radius 1 is 1.21 bits per heavy atom. The molecule has 1 amide bonds. The lowest BCUT2D eigenvalue weighted by Crippen LogP contribution is -2.24. The third-order valence-electron chi connectivity index (χ3n) is 4.09. The van der Waals surface area contributed by atoms with Gasteiger partial charge in [-0.15, -0.1) is 0 Å². The number of nitrogens with one attached hydrogen (secondary N) is 1. The number of amides is 1. The molecule has 1 saturated heterocycles.